The lowest BCUT2D eigenvalue weighted by molar-refractivity contribution is 0.0531. The fraction of sp³-hybridized carbons (Fsp3) is 0.455. The van der Waals surface area contributed by atoms with E-state index in [9.17, 15) is 4.79 Å². The van der Waals surface area contributed by atoms with Gasteiger partial charge in [-0.1, -0.05) is 23.1 Å². The summed E-state index contributed by atoms with van der Waals surface area (Å²) in [7, 11) is 0. The predicted molar refractivity (Wildman–Crippen MR) is 78.2 cm³/mol. The van der Waals surface area contributed by atoms with Gasteiger partial charge in [0.25, 0.3) is 0 Å². The first-order chi connectivity index (χ1) is 9.74. The maximum atomic E-state index is 11.9. The number of anilines is 1. The van der Waals surface area contributed by atoms with Gasteiger partial charge < -0.3 is 10.1 Å². The Balaban J connectivity index is 2.13. The topological polar surface area (TPSA) is 92.8 Å². The molecule has 7 nitrogen and oxygen atoms in total. The maximum absolute atomic E-state index is 11.9. The molecule has 20 heavy (non-hydrogen) atoms. The number of carbonyl (C=O) groups excluding carboxylic acids is 1. The Labute approximate surface area is 124 Å². The number of ether oxygens (including phenoxy) is 1. The van der Waals surface area contributed by atoms with Gasteiger partial charge >= 0.3 is 5.97 Å². The van der Waals surface area contributed by atoms with Crippen LogP contribution in [0.25, 0.3) is 0 Å². The summed E-state index contributed by atoms with van der Waals surface area (Å²) in [4.78, 5) is 16.9. The summed E-state index contributed by atoms with van der Waals surface area (Å²) < 4.78 is 5.06. The smallest absolute Gasteiger partial charge is 0.350 e. The first kappa shape index (κ1) is 14.8. The molecule has 0 bridgehead atoms. The third-order valence-electron chi connectivity index (χ3n) is 2.24. The number of nitrogens with one attached hydrogen (secondary N) is 2. The zero-order valence-electron chi connectivity index (χ0n) is 11.2. The van der Waals surface area contributed by atoms with E-state index in [1.165, 1.54) is 23.1 Å². The zero-order valence-corrected chi connectivity index (χ0v) is 12.8. The SMILES string of the molecule is CCNc1nc(CSc2cn[nH]n2)c(C(=O)OCC)s1. The normalized spacial score (nSPS) is 10.5. The number of aromatic amines is 1. The van der Waals surface area contributed by atoms with E-state index >= 15 is 0 Å². The fourth-order valence-corrected chi connectivity index (χ4v) is 3.20. The third kappa shape index (κ3) is 3.70. The van der Waals surface area contributed by atoms with Crippen molar-refractivity contribution in [3.05, 3.63) is 16.8 Å². The molecule has 2 rings (SSSR count). The van der Waals surface area contributed by atoms with Gasteiger partial charge in [-0.2, -0.15) is 10.3 Å². The van der Waals surface area contributed by atoms with Crippen molar-refractivity contribution in [1.29, 1.82) is 0 Å². The molecule has 9 heteroatoms. The van der Waals surface area contributed by atoms with Crippen LogP contribution < -0.4 is 5.32 Å². The molecular weight excluding hydrogens is 298 g/mol. The summed E-state index contributed by atoms with van der Waals surface area (Å²) in [5.74, 6) is 0.215. The molecule has 0 unspecified atom stereocenters. The Bertz CT molecular complexity index is 555. The molecule has 0 saturated heterocycles. The number of aromatic nitrogens is 4. The van der Waals surface area contributed by atoms with E-state index in [0.29, 0.717) is 22.9 Å². The van der Waals surface area contributed by atoms with Crippen LogP contribution in [0, 0.1) is 0 Å². The third-order valence-corrected chi connectivity index (χ3v) is 4.18. The minimum atomic E-state index is -0.329. The highest BCUT2D eigenvalue weighted by Crippen LogP contribution is 2.28. The number of thioether (sulfide) groups is 1. The summed E-state index contributed by atoms with van der Waals surface area (Å²) in [5, 5.41) is 14.8. The molecule has 0 aromatic carbocycles. The highest BCUT2D eigenvalue weighted by atomic mass is 32.2. The van der Waals surface area contributed by atoms with E-state index < -0.39 is 0 Å². The Kier molecular flexibility index (Phi) is 5.36. The molecule has 0 aliphatic rings. The van der Waals surface area contributed by atoms with Crippen molar-refractivity contribution < 1.29 is 9.53 Å². The zero-order chi connectivity index (χ0) is 14.4. The van der Waals surface area contributed by atoms with Crippen molar-refractivity contribution in [2.24, 2.45) is 0 Å². The lowest BCUT2D eigenvalue weighted by Gasteiger charge is -2.00. The number of hydrogen-bond acceptors (Lipinski definition) is 8. The van der Waals surface area contributed by atoms with E-state index in [-0.39, 0.29) is 5.97 Å². The number of carbonyl (C=O) groups is 1. The molecule has 0 amide bonds. The standard InChI is InChI=1S/C11H15N5O2S2/c1-3-12-11-14-7(6-19-8-5-13-16-15-8)9(20-11)10(17)18-4-2/h5H,3-4,6H2,1-2H3,(H,12,14)(H,13,15,16). The van der Waals surface area contributed by atoms with Crippen LogP contribution in [0.4, 0.5) is 5.13 Å². The summed E-state index contributed by atoms with van der Waals surface area (Å²) in [6.45, 7) is 4.87. The maximum Gasteiger partial charge on any atom is 0.350 e. The average molecular weight is 313 g/mol. The fourth-order valence-electron chi connectivity index (χ4n) is 1.44. The molecule has 0 fully saturated rings. The molecule has 0 saturated carbocycles. The predicted octanol–water partition coefficient (Wildman–Crippen LogP) is 2.16. The van der Waals surface area contributed by atoms with Gasteiger partial charge in [-0.25, -0.2) is 9.78 Å². The number of thiazole rings is 1. The first-order valence-corrected chi connectivity index (χ1v) is 7.94. The van der Waals surface area contributed by atoms with Gasteiger partial charge in [0.15, 0.2) is 5.13 Å². The average Bonchev–Trinajstić information content (AvgIpc) is 3.06. The van der Waals surface area contributed by atoms with E-state index in [4.69, 9.17) is 4.74 Å². The molecule has 0 aliphatic carbocycles. The molecule has 0 spiro atoms. The van der Waals surface area contributed by atoms with Gasteiger partial charge in [-0.05, 0) is 13.8 Å². The largest absolute Gasteiger partial charge is 0.462 e. The molecule has 0 radical (unpaired) electrons. The van der Waals surface area contributed by atoms with Crippen LogP contribution >= 0.6 is 23.1 Å². The Morgan fingerprint density at radius 1 is 1.55 bits per heavy atom. The Morgan fingerprint density at radius 2 is 2.40 bits per heavy atom. The van der Waals surface area contributed by atoms with Crippen molar-refractivity contribution in [2.45, 2.75) is 24.6 Å². The summed E-state index contributed by atoms with van der Waals surface area (Å²) in [5.41, 5.74) is 0.706. The van der Waals surface area contributed by atoms with E-state index in [2.05, 4.69) is 25.7 Å². The molecule has 108 valence electrons. The van der Waals surface area contributed by atoms with Crippen molar-refractivity contribution in [3.8, 4) is 0 Å². The molecule has 2 heterocycles. The van der Waals surface area contributed by atoms with Crippen LogP contribution in [0.5, 0.6) is 0 Å². The number of rotatable bonds is 7. The van der Waals surface area contributed by atoms with E-state index in [1.807, 2.05) is 6.92 Å². The van der Waals surface area contributed by atoms with Gasteiger partial charge in [0.1, 0.15) is 9.90 Å². The van der Waals surface area contributed by atoms with Gasteiger partial charge in [0.05, 0.1) is 18.5 Å². The first-order valence-electron chi connectivity index (χ1n) is 6.13. The number of nitrogens with zero attached hydrogens (tertiary/aromatic N) is 3. The summed E-state index contributed by atoms with van der Waals surface area (Å²) >= 11 is 2.78. The lowest BCUT2D eigenvalue weighted by Crippen LogP contribution is -2.05. The van der Waals surface area contributed by atoms with Crippen molar-refractivity contribution >= 4 is 34.2 Å². The Hall–Kier alpha value is -1.61. The Morgan fingerprint density at radius 3 is 3.05 bits per heavy atom. The molecule has 0 aliphatic heterocycles. The van der Waals surface area contributed by atoms with Crippen molar-refractivity contribution in [1.82, 2.24) is 20.4 Å². The van der Waals surface area contributed by atoms with Crippen molar-refractivity contribution in [3.63, 3.8) is 0 Å². The van der Waals surface area contributed by atoms with Gasteiger partial charge in [0, 0.05) is 12.3 Å². The van der Waals surface area contributed by atoms with Crippen LogP contribution in [-0.4, -0.2) is 39.5 Å². The van der Waals surface area contributed by atoms with Crippen LogP contribution in [0.2, 0.25) is 0 Å². The van der Waals surface area contributed by atoms with Crippen molar-refractivity contribution in [2.75, 3.05) is 18.5 Å². The van der Waals surface area contributed by atoms with Gasteiger partial charge in [0.2, 0.25) is 0 Å². The van der Waals surface area contributed by atoms with E-state index in [1.54, 1.807) is 13.1 Å². The lowest BCUT2D eigenvalue weighted by atomic mass is 10.4. The molecule has 0 atom stereocenters. The highest BCUT2D eigenvalue weighted by Gasteiger charge is 2.19. The van der Waals surface area contributed by atoms with Crippen LogP contribution in [0.3, 0.4) is 0 Å². The monoisotopic (exact) mass is 313 g/mol. The number of esters is 1. The van der Waals surface area contributed by atoms with Gasteiger partial charge in [-0.15, -0.1) is 5.10 Å². The number of hydrogen-bond donors (Lipinski definition) is 2. The van der Waals surface area contributed by atoms with Gasteiger partial charge in [-0.3, -0.25) is 0 Å². The minimum absolute atomic E-state index is 0.329. The van der Waals surface area contributed by atoms with Crippen LogP contribution in [0.15, 0.2) is 11.2 Å². The minimum Gasteiger partial charge on any atom is -0.462 e. The molecular formula is C11H15N5O2S2. The molecule has 2 N–H and O–H groups in total. The van der Waals surface area contributed by atoms with Crippen LogP contribution in [-0.2, 0) is 10.5 Å². The number of H-pyrrole nitrogens is 1. The summed E-state index contributed by atoms with van der Waals surface area (Å²) in [6.07, 6.45) is 1.63. The quantitative estimate of drug-likeness (QED) is 0.597. The second kappa shape index (κ2) is 7.25. The second-order valence-corrected chi connectivity index (χ2v) is 5.64. The van der Waals surface area contributed by atoms with E-state index in [0.717, 1.165) is 16.7 Å². The summed E-state index contributed by atoms with van der Waals surface area (Å²) in [6, 6.07) is 0. The highest BCUT2D eigenvalue weighted by molar-refractivity contribution is 7.98. The van der Waals surface area contributed by atoms with Crippen LogP contribution in [0.1, 0.15) is 29.2 Å². The molecule has 2 aromatic heterocycles. The second-order valence-electron chi connectivity index (χ2n) is 3.64. The molecule has 2 aromatic rings.